The summed E-state index contributed by atoms with van der Waals surface area (Å²) >= 11 is 7.68. The topological polar surface area (TPSA) is 21.3 Å². The Bertz CT molecular complexity index is 615. The van der Waals surface area contributed by atoms with Gasteiger partial charge in [-0.05, 0) is 42.2 Å². The number of nitrogens with one attached hydrogen (secondary N) is 1. The van der Waals surface area contributed by atoms with Crippen molar-refractivity contribution in [3.8, 4) is 5.75 Å². The zero-order valence-electron chi connectivity index (χ0n) is 11.1. The normalized spacial score (nSPS) is 17.2. The molecule has 1 N–H and O–H groups in total. The lowest BCUT2D eigenvalue weighted by Crippen LogP contribution is -2.18. The van der Waals surface area contributed by atoms with E-state index in [0.29, 0.717) is 12.6 Å². The highest BCUT2D eigenvalue weighted by molar-refractivity contribution is 7.16. The lowest BCUT2D eigenvalue weighted by Gasteiger charge is -2.13. The van der Waals surface area contributed by atoms with E-state index < -0.39 is 6.61 Å². The number of benzene rings is 1. The molecule has 0 spiro atoms. The van der Waals surface area contributed by atoms with Crippen molar-refractivity contribution in [1.82, 2.24) is 5.32 Å². The third-order valence-corrected chi connectivity index (χ3v) is 4.89. The van der Waals surface area contributed by atoms with E-state index in [4.69, 9.17) is 11.6 Å². The molecule has 1 aliphatic rings. The number of thiophene rings is 1. The molecule has 0 aliphatic heterocycles. The highest BCUT2D eigenvalue weighted by Crippen LogP contribution is 2.39. The van der Waals surface area contributed by atoms with E-state index >= 15 is 0 Å². The predicted octanol–water partition coefficient (Wildman–Crippen LogP) is 4.78. The Labute approximate surface area is 130 Å². The summed E-state index contributed by atoms with van der Waals surface area (Å²) in [6.45, 7) is -2.10. The van der Waals surface area contributed by atoms with Crippen LogP contribution >= 0.6 is 22.9 Å². The number of hydrogen-bond donors (Lipinski definition) is 1. The van der Waals surface area contributed by atoms with Gasteiger partial charge >= 0.3 is 6.61 Å². The van der Waals surface area contributed by atoms with Gasteiger partial charge in [0, 0.05) is 17.5 Å². The molecule has 1 aromatic carbocycles. The van der Waals surface area contributed by atoms with Gasteiger partial charge in [0.25, 0.3) is 0 Å². The van der Waals surface area contributed by atoms with Crippen LogP contribution in [-0.4, -0.2) is 6.61 Å². The largest absolute Gasteiger partial charge is 0.435 e. The highest BCUT2D eigenvalue weighted by atomic mass is 35.5. The summed E-state index contributed by atoms with van der Waals surface area (Å²) in [6, 6.07) is 9.06. The van der Waals surface area contributed by atoms with Crippen LogP contribution in [0.1, 0.15) is 28.5 Å². The van der Waals surface area contributed by atoms with Crippen molar-refractivity contribution in [3.05, 3.63) is 50.7 Å². The molecule has 112 valence electrons. The molecule has 2 nitrogen and oxygen atoms in total. The highest BCUT2D eigenvalue weighted by Gasteiger charge is 2.24. The lowest BCUT2D eigenvalue weighted by molar-refractivity contribution is -0.0498. The van der Waals surface area contributed by atoms with Crippen LogP contribution in [0.4, 0.5) is 8.78 Å². The van der Waals surface area contributed by atoms with Crippen LogP contribution in [0, 0.1) is 0 Å². The minimum Gasteiger partial charge on any atom is -0.435 e. The second-order valence-electron chi connectivity index (χ2n) is 4.92. The third kappa shape index (κ3) is 3.54. The fourth-order valence-corrected chi connectivity index (χ4v) is 3.93. The van der Waals surface area contributed by atoms with E-state index in [1.165, 1.54) is 10.4 Å². The van der Waals surface area contributed by atoms with Gasteiger partial charge in [-0.25, -0.2) is 0 Å². The van der Waals surface area contributed by atoms with Gasteiger partial charge in [-0.15, -0.1) is 11.3 Å². The molecule has 6 heteroatoms. The number of alkyl halides is 2. The van der Waals surface area contributed by atoms with Gasteiger partial charge in [0.2, 0.25) is 0 Å². The van der Waals surface area contributed by atoms with Crippen molar-refractivity contribution >= 4 is 22.9 Å². The Morgan fingerprint density at radius 2 is 2.10 bits per heavy atom. The van der Waals surface area contributed by atoms with Crippen LogP contribution in [-0.2, 0) is 13.0 Å². The Kier molecular flexibility index (Phi) is 4.42. The molecule has 21 heavy (non-hydrogen) atoms. The average molecular weight is 330 g/mol. The molecule has 1 aliphatic carbocycles. The smallest absolute Gasteiger partial charge is 0.387 e. The zero-order valence-corrected chi connectivity index (χ0v) is 12.7. The minimum absolute atomic E-state index is 0.182. The Balaban J connectivity index is 1.58. The molecule has 0 saturated heterocycles. The molecule has 0 amide bonds. The van der Waals surface area contributed by atoms with Crippen molar-refractivity contribution in [2.24, 2.45) is 0 Å². The van der Waals surface area contributed by atoms with E-state index in [1.807, 2.05) is 6.07 Å². The SMILES string of the molecule is FC(F)Oc1ccc(CNC2CCc3sc(Cl)cc32)cc1. The standard InChI is InChI=1S/C15H14ClF2NOS/c16-14-7-11-12(5-6-13(11)21-14)19-8-9-1-3-10(4-2-9)20-15(17)18/h1-4,7,12,15,19H,5-6,8H2. The fraction of sp³-hybridized carbons (Fsp3) is 0.333. The van der Waals surface area contributed by atoms with Crippen molar-refractivity contribution < 1.29 is 13.5 Å². The van der Waals surface area contributed by atoms with E-state index in [9.17, 15) is 8.78 Å². The summed E-state index contributed by atoms with van der Waals surface area (Å²) in [7, 11) is 0. The third-order valence-electron chi connectivity index (χ3n) is 3.55. The Hall–Kier alpha value is -1.17. The number of rotatable bonds is 5. The molecule has 0 saturated carbocycles. The summed E-state index contributed by atoms with van der Waals surface area (Å²) < 4.78 is 29.3. The first-order valence-corrected chi connectivity index (χ1v) is 7.86. The first-order chi connectivity index (χ1) is 10.1. The molecule has 1 aromatic heterocycles. The average Bonchev–Trinajstić information content (AvgIpc) is 2.97. The first-order valence-electron chi connectivity index (χ1n) is 6.67. The maximum absolute atomic E-state index is 12.1. The Morgan fingerprint density at radius 3 is 2.81 bits per heavy atom. The van der Waals surface area contributed by atoms with Gasteiger partial charge in [-0.3, -0.25) is 0 Å². The van der Waals surface area contributed by atoms with Crippen LogP contribution in [0.2, 0.25) is 4.34 Å². The van der Waals surface area contributed by atoms with Crippen LogP contribution in [0.3, 0.4) is 0 Å². The zero-order chi connectivity index (χ0) is 14.8. The second-order valence-corrected chi connectivity index (χ2v) is 6.69. The van der Waals surface area contributed by atoms with Crippen molar-refractivity contribution in [1.29, 1.82) is 0 Å². The molecule has 1 atom stereocenters. The van der Waals surface area contributed by atoms with E-state index in [0.717, 1.165) is 22.7 Å². The maximum Gasteiger partial charge on any atom is 0.387 e. The summed E-state index contributed by atoms with van der Waals surface area (Å²) in [4.78, 5) is 1.36. The van der Waals surface area contributed by atoms with Crippen LogP contribution in [0.5, 0.6) is 5.75 Å². The van der Waals surface area contributed by atoms with Crippen molar-refractivity contribution in [2.75, 3.05) is 0 Å². The van der Waals surface area contributed by atoms with Gasteiger partial charge < -0.3 is 10.1 Å². The number of hydrogen-bond acceptors (Lipinski definition) is 3. The molecular weight excluding hydrogens is 316 g/mol. The monoisotopic (exact) mass is 329 g/mol. The molecule has 2 aromatic rings. The lowest BCUT2D eigenvalue weighted by atomic mass is 10.1. The summed E-state index contributed by atoms with van der Waals surface area (Å²) in [5, 5.41) is 3.49. The summed E-state index contributed by atoms with van der Waals surface area (Å²) in [5.74, 6) is 0.182. The van der Waals surface area contributed by atoms with Gasteiger partial charge in [-0.2, -0.15) is 8.78 Å². The van der Waals surface area contributed by atoms with Crippen LogP contribution in [0.15, 0.2) is 30.3 Å². The molecule has 0 bridgehead atoms. The number of aryl methyl sites for hydroxylation is 1. The van der Waals surface area contributed by atoms with Crippen molar-refractivity contribution in [3.63, 3.8) is 0 Å². The van der Waals surface area contributed by atoms with Gasteiger partial charge in [0.1, 0.15) is 5.75 Å². The number of ether oxygens (including phenoxy) is 1. The summed E-state index contributed by atoms with van der Waals surface area (Å²) in [5.41, 5.74) is 2.33. The van der Waals surface area contributed by atoms with E-state index in [2.05, 4.69) is 10.1 Å². The fourth-order valence-electron chi connectivity index (χ4n) is 2.57. The van der Waals surface area contributed by atoms with E-state index in [-0.39, 0.29) is 5.75 Å². The maximum atomic E-state index is 12.1. The van der Waals surface area contributed by atoms with Gasteiger partial charge in [0.05, 0.1) is 4.34 Å². The number of halogens is 3. The van der Waals surface area contributed by atoms with E-state index in [1.54, 1.807) is 35.6 Å². The molecule has 1 heterocycles. The second kappa shape index (κ2) is 6.30. The predicted molar refractivity (Wildman–Crippen MR) is 80.3 cm³/mol. The minimum atomic E-state index is -2.78. The molecular formula is C15H14ClF2NOS. The Morgan fingerprint density at radius 1 is 1.33 bits per heavy atom. The molecule has 3 rings (SSSR count). The molecule has 0 radical (unpaired) electrons. The van der Waals surface area contributed by atoms with Crippen LogP contribution < -0.4 is 10.1 Å². The molecule has 1 unspecified atom stereocenters. The quantitative estimate of drug-likeness (QED) is 0.852. The van der Waals surface area contributed by atoms with Crippen LogP contribution in [0.25, 0.3) is 0 Å². The van der Waals surface area contributed by atoms with Gasteiger partial charge in [-0.1, -0.05) is 23.7 Å². The first kappa shape index (κ1) is 14.8. The summed E-state index contributed by atoms with van der Waals surface area (Å²) in [6.07, 6.45) is 2.14. The van der Waals surface area contributed by atoms with Crippen molar-refractivity contribution in [2.45, 2.75) is 32.0 Å². The molecule has 0 fully saturated rings. The number of fused-ring (bicyclic) bond motifs is 1. The van der Waals surface area contributed by atoms with Gasteiger partial charge in [0.15, 0.2) is 0 Å².